The van der Waals surface area contributed by atoms with Crippen LogP contribution in [0, 0.1) is 10.1 Å². The molecule has 0 aliphatic carbocycles. The van der Waals surface area contributed by atoms with E-state index in [1.54, 1.807) is 27.0 Å². The molecule has 0 aliphatic rings. The highest BCUT2D eigenvalue weighted by molar-refractivity contribution is 6.33. The smallest absolute Gasteiger partial charge is 0.294 e. The van der Waals surface area contributed by atoms with Crippen LogP contribution in [0.5, 0.6) is 0 Å². The second kappa shape index (κ2) is 7.28. The summed E-state index contributed by atoms with van der Waals surface area (Å²) in [6.45, 7) is 3.53. The van der Waals surface area contributed by atoms with E-state index in [2.05, 4.69) is 10.6 Å². The molecule has 2 N–H and O–H groups in total. The van der Waals surface area contributed by atoms with Gasteiger partial charge in [0.1, 0.15) is 18.1 Å². The number of nitrogens with zero attached hydrogens (tertiary/aromatic N) is 1. The third kappa shape index (κ3) is 4.22. The van der Waals surface area contributed by atoms with E-state index in [4.69, 9.17) is 21.1 Å². The van der Waals surface area contributed by atoms with Crippen LogP contribution in [-0.2, 0) is 9.47 Å². The molecule has 2 unspecified atom stereocenters. The van der Waals surface area contributed by atoms with Crippen molar-refractivity contribution in [1.82, 2.24) is 0 Å². The number of nitro benzene ring substituents is 1. The largest absolute Gasteiger partial charge is 0.362 e. The molecule has 0 radical (unpaired) electrons. The van der Waals surface area contributed by atoms with Crippen molar-refractivity contribution in [2.75, 3.05) is 24.9 Å². The maximum atomic E-state index is 11.1. The molecule has 0 spiro atoms. The van der Waals surface area contributed by atoms with Crippen LogP contribution in [0.15, 0.2) is 12.1 Å². The number of hydrogen-bond donors (Lipinski definition) is 2. The maximum absolute atomic E-state index is 11.1. The number of anilines is 2. The lowest BCUT2D eigenvalue weighted by Crippen LogP contribution is -2.19. The zero-order valence-corrected chi connectivity index (χ0v) is 12.5. The van der Waals surface area contributed by atoms with Gasteiger partial charge in [-0.05, 0) is 19.9 Å². The monoisotopic (exact) mass is 303 g/mol. The van der Waals surface area contributed by atoms with Crippen LogP contribution < -0.4 is 10.6 Å². The fourth-order valence-corrected chi connectivity index (χ4v) is 1.71. The molecule has 0 fully saturated rings. The van der Waals surface area contributed by atoms with E-state index in [-0.39, 0.29) is 23.2 Å². The van der Waals surface area contributed by atoms with E-state index in [9.17, 15) is 10.1 Å². The van der Waals surface area contributed by atoms with Gasteiger partial charge in [-0.15, -0.1) is 0 Å². The van der Waals surface area contributed by atoms with Crippen LogP contribution in [0.25, 0.3) is 0 Å². The van der Waals surface area contributed by atoms with Crippen LogP contribution >= 0.6 is 11.6 Å². The molecule has 20 heavy (non-hydrogen) atoms. The number of nitrogens with one attached hydrogen (secondary N) is 2. The SMILES string of the molecule is COC(C)Nc1cc(NC(C)OC)c([N+](=O)[O-])cc1Cl. The minimum absolute atomic E-state index is 0.116. The van der Waals surface area contributed by atoms with E-state index in [0.29, 0.717) is 11.4 Å². The van der Waals surface area contributed by atoms with Crippen LogP contribution in [0.1, 0.15) is 13.8 Å². The summed E-state index contributed by atoms with van der Waals surface area (Å²) in [5.41, 5.74) is 0.742. The average Bonchev–Trinajstić information content (AvgIpc) is 2.41. The van der Waals surface area contributed by atoms with Gasteiger partial charge in [0.05, 0.1) is 15.6 Å². The van der Waals surface area contributed by atoms with E-state index in [1.807, 2.05) is 0 Å². The Morgan fingerprint density at radius 1 is 1.15 bits per heavy atom. The van der Waals surface area contributed by atoms with Crippen molar-refractivity contribution in [2.45, 2.75) is 26.3 Å². The topological polar surface area (TPSA) is 85.7 Å². The molecule has 0 amide bonds. The lowest BCUT2D eigenvalue weighted by atomic mass is 10.2. The van der Waals surface area contributed by atoms with Crippen LogP contribution in [-0.4, -0.2) is 31.6 Å². The average molecular weight is 304 g/mol. The zero-order valence-electron chi connectivity index (χ0n) is 11.8. The zero-order chi connectivity index (χ0) is 15.3. The molecular weight excluding hydrogens is 286 g/mol. The minimum atomic E-state index is -0.500. The fourth-order valence-electron chi connectivity index (χ4n) is 1.50. The summed E-state index contributed by atoms with van der Waals surface area (Å²) in [4.78, 5) is 10.6. The number of nitro groups is 1. The minimum Gasteiger partial charge on any atom is -0.362 e. The third-order valence-electron chi connectivity index (χ3n) is 2.71. The molecule has 1 aromatic carbocycles. The molecule has 2 atom stereocenters. The highest BCUT2D eigenvalue weighted by atomic mass is 35.5. The number of benzene rings is 1. The van der Waals surface area contributed by atoms with Gasteiger partial charge < -0.3 is 20.1 Å². The van der Waals surface area contributed by atoms with Crippen LogP contribution in [0.3, 0.4) is 0 Å². The van der Waals surface area contributed by atoms with Crippen molar-refractivity contribution in [2.24, 2.45) is 0 Å². The van der Waals surface area contributed by atoms with Crippen molar-refractivity contribution in [3.8, 4) is 0 Å². The van der Waals surface area contributed by atoms with Crippen molar-refractivity contribution in [3.63, 3.8) is 0 Å². The lowest BCUT2D eigenvalue weighted by Gasteiger charge is -2.18. The summed E-state index contributed by atoms with van der Waals surface area (Å²) < 4.78 is 10.1. The molecule has 8 heteroatoms. The molecule has 1 aromatic rings. The molecule has 112 valence electrons. The van der Waals surface area contributed by atoms with Gasteiger partial charge in [0.2, 0.25) is 0 Å². The normalized spacial score (nSPS) is 13.7. The van der Waals surface area contributed by atoms with E-state index >= 15 is 0 Å². The molecule has 0 aromatic heterocycles. The summed E-state index contributed by atoms with van der Waals surface area (Å²) in [6, 6.07) is 2.85. The van der Waals surface area contributed by atoms with Gasteiger partial charge in [-0.1, -0.05) is 11.6 Å². The number of ether oxygens (including phenoxy) is 2. The molecule has 0 bridgehead atoms. The molecule has 1 rings (SSSR count). The second-order valence-corrected chi connectivity index (χ2v) is 4.56. The first-order chi connectivity index (χ1) is 9.38. The molecule has 0 heterocycles. The third-order valence-corrected chi connectivity index (χ3v) is 3.02. The van der Waals surface area contributed by atoms with Crippen LogP contribution in [0.4, 0.5) is 17.1 Å². The van der Waals surface area contributed by atoms with E-state index < -0.39 is 4.92 Å². The van der Waals surface area contributed by atoms with Crippen molar-refractivity contribution in [1.29, 1.82) is 0 Å². The Hall–Kier alpha value is -1.57. The molecular formula is C12H18ClN3O4. The van der Waals surface area contributed by atoms with Gasteiger partial charge in [-0.25, -0.2) is 0 Å². The Bertz CT molecular complexity index is 484. The molecule has 7 nitrogen and oxygen atoms in total. The lowest BCUT2D eigenvalue weighted by molar-refractivity contribution is -0.384. The predicted octanol–water partition coefficient (Wildman–Crippen LogP) is 3.06. The van der Waals surface area contributed by atoms with Gasteiger partial charge in [-0.2, -0.15) is 0 Å². The van der Waals surface area contributed by atoms with Crippen molar-refractivity contribution < 1.29 is 14.4 Å². The highest BCUT2D eigenvalue weighted by Gasteiger charge is 2.19. The number of rotatable bonds is 7. The van der Waals surface area contributed by atoms with Crippen LogP contribution in [0.2, 0.25) is 5.02 Å². The Balaban J connectivity index is 3.16. The first-order valence-electron chi connectivity index (χ1n) is 5.95. The summed E-state index contributed by atoms with van der Waals surface area (Å²) in [6.07, 6.45) is -0.649. The first-order valence-corrected chi connectivity index (χ1v) is 6.33. The number of methoxy groups -OCH3 is 2. The molecule has 0 saturated carbocycles. The molecule has 0 aliphatic heterocycles. The van der Waals surface area contributed by atoms with Gasteiger partial charge in [0.25, 0.3) is 5.69 Å². The quantitative estimate of drug-likeness (QED) is 0.457. The Morgan fingerprint density at radius 3 is 2.10 bits per heavy atom. The Kier molecular flexibility index (Phi) is 6.00. The fraction of sp³-hybridized carbons (Fsp3) is 0.500. The highest BCUT2D eigenvalue weighted by Crippen LogP contribution is 2.35. The summed E-state index contributed by atoms with van der Waals surface area (Å²) >= 11 is 6.04. The van der Waals surface area contributed by atoms with Gasteiger partial charge in [0, 0.05) is 20.3 Å². The Labute approximate surface area is 122 Å². The van der Waals surface area contributed by atoms with Crippen molar-refractivity contribution >= 4 is 28.7 Å². The number of halogens is 1. The first kappa shape index (κ1) is 16.5. The summed E-state index contributed by atoms with van der Waals surface area (Å²) in [5.74, 6) is 0. The van der Waals surface area contributed by atoms with Gasteiger partial charge in [0.15, 0.2) is 0 Å². The van der Waals surface area contributed by atoms with E-state index in [1.165, 1.54) is 13.2 Å². The van der Waals surface area contributed by atoms with Gasteiger partial charge >= 0.3 is 0 Å². The second-order valence-electron chi connectivity index (χ2n) is 4.15. The summed E-state index contributed by atoms with van der Waals surface area (Å²) in [5, 5.41) is 17.2. The van der Waals surface area contributed by atoms with Gasteiger partial charge in [-0.3, -0.25) is 10.1 Å². The standard InChI is InChI=1S/C12H18ClN3O4/c1-7(19-3)14-10-6-11(15-8(2)20-4)12(16(17)18)5-9(10)13/h5-8,14-15H,1-4H3. The predicted molar refractivity (Wildman–Crippen MR) is 78.3 cm³/mol. The molecule has 0 saturated heterocycles. The number of hydrogen-bond acceptors (Lipinski definition) is 6. The Morgan fingerprint density at radius 2 is 1.65 bits per heavy atom. The van der Waals surface area contributed by atoms with Crippen molar-refractivity contribution in [3.05, 3.63) is 27.3 Å². The maximum Gasteiger partial charge on any atom is 0.294 e. The van der Waals surface area contributed by atoms with E-state index in [0.717, 1.165) is 0 Å². The summed E-state index contributed by atoms with van der Waals surface area (Å²) in [7, 11) is 3.05.